The van der Waals surface area contributed by atoms with E-state index in [0.717, 1.165) is 25.7 Å². The van der Waals surface area contributed by atoms with E-state index in [2.05, 4.69) is 10.6 Å². The lowest BCUT2D eigenvalue weighted by atomic mass is 9.89. The fourth-order valence-corrected chi connectivity index (χ4v) is 3.86. The topological polar surface area (TPSA) is 70.7 Å². The van der Waals surface area contributed by atoms with Gasteiger partial charge in [0.2, 0.25) is 5.91 Å². The van der Waals surface area contributed by atoms with E-state index in [0.29, 0.717) is 19.1 Å². The van der Waals surface area contributed by atoms with E-state index >= 15 is 0 Å². The van der Waals surface area contributed by atoms with Crippen molar-refractivity contribution >= 4 is 11.9 Å². The molecular weight excluding hydrogens is 282 g/mol. The molecule has 2 aliphatic heterocycles. The van der Waals surface area contributed by atoms with Crippen molar-refractivity contribution in [1.82, 2.24) is 15.5 Å². The monoisotopic (exact) mass is 309 g/mol. The highest BCUT2D eigenvalue weighted by atomic mass is 16.5. The molecule has 3 atom stereocenters. The van der Waals surface area contributed by atoms with Crippen molar-refractivity contribution in [2.75, 3.05) is 13.1 Å². The van der Waals surface area contributed by atoms with E-state index in [-0.39, 0.29) is 30.2 Å². The van der Waals surface area contributed by atoms with Crippen LogP contribution in [0.3, 0.4) is 0 Å². The minimum Gasteiger partial charge on any atom is -0.369 e. The quantitative estimate of drug-likeness (QED) is 0.828. The van der Waals surface area contributed by atoms with Gasteiger partial charge in [0.05, 0.1) is 18.2 Å². The number of hydrogen-bond acceptors (Lipinski definition) is 3. The van der Waals surface area contributed by atoms with E-state index in [1.807, 2.05) is 4.90 Å². The van der Waals surface area contributed by atoms with Crippen LogP contribution in [-0.4, -0.2) is 54.2 Å². The second-order valence-electron chi connectivity index (χ2n) is 6.80. The van der Waals surface area contributed by atoms with E-state index in [1.54, 1.807) is 6.92 Å². The number of nitrogens with zero attached hydrogens (tertiary/aromatic N) is 1. The Bertz CT molecular complexity index is 423. The first-order valence-electron chi connectivity index (χ1n) is 8.60. The number of ether oxygens (including phenoxy) is 1. The van der Waals surface area contributed by atoms with Crippen LogP contribution in [-0.2, 0) is 9.53 Å². The van der Waals surface area contributed by atoms with Gasteiger partial charge >= 0.3 is 6.03 Å². The summed E-state index contributed by atoms with van der Waals surface area (Å²) in [4.78, 5) is 25.2. The minimum absolute atomic E-state index is 0.0726. The lowest BCUT2D eigenvalue weighted by molar-refractivity contribution is -0.179. The maximum absolute atomic E-state index is 11.9. The highest BCUT2D eigenvalue weighted by molar-refractivity contribution is 5.75. The summed E-state index contributed by atoms with van der Waals surface area (Å²) in [7, 11) is 0. The van der Waals surface area contributed by atoms with Crippen molar-refractivity contribution in [1.29, 1.82) is 0 Å². The largest absolute Gasteiger partial charge is 0.369 e. The molecule has 0 aromatic rings. The molecule has 22 heavy (non-hydrogen) atoms. The van der Waals surface area contributed by atoms with Crippen LogP contribution < -0.4 is 10.6 Å². The second kappa shape index (κ2) is 6.86. The number of carbonyl (C=O) groups is 2. The molecular formula is C16H27N3O3. The molecule has 0 spiro atoms. The molecule has 0 unspecified atom stereocenters. The van der Waals surface area contributed by atoms with Crippen LogP contribution >= 0.6 is 0 Å². The van der Waals surface area contributed by atoms with Crippen molar-refractivity contribution < 1.29 is 14.3 Å². The van der Waals surface area contributed by atoms with Crippen molar-refractivity contribution in [2.24, 2.45) is 0 Å². The highest BCUT2D eigenvalue weighted by Gasteiger charge is 2.45. The molecule has 1 aliphatic carbocycles. The summed E-state index contributed by atoms with van der Waals surface area (Å²) in [5.41, 5.74) is 0. The predicted molar refractivity (Wildman–Crippen MR) is 82.5 cm³/mol. The van der Waals surface area contributed by atoms with Gasteiger partial charge in [0.25, 0.3) is 0 Å². The molecule has 1 saturated carbocycles. The number of fused-ring (bicyclic) bond motifs is 1. The predicted octanol–water partition coefficient (Wildman–Crippen LogP) is 1.40. The molecule has 0 aromatic heterocycles. The van der Waals surface area contributed by atoms with Gasteiger partial charge in [0.1, 0.15) is 0 Å². The summed E-state index contributed by atoms with van der Waals surface area (Å²) >= 11 is 0. The molecule has 3 aliphatic rings. The third-order valence-corrected chi connectivity index (χ3v) is 5.19. The molecule has 2 N–H and O–H groups in total. The minimum atomic E-state index is -0.0726. The Morgan fingerprint density at radius 1 is 1.14 bits per heavy atom. The van der Waals surface area contributed by atoms with Crippen LogP contribution in [0.4, 0.5) is 4.79 Å². The van der Waals surface area contributed by atoms with Gasteiger partial charge < -0.3 is 20.3 Å². The van der Waals surface area contributed by atoms with E-state index in [1.165, 1.54) is 19.3 Å². The van der Waals surface area contributed by atoms with E-state index in [4.69, 9.17) is 4.74 Å². The molecule has 2 saturated heterocycles. The molecule has 2 heterocycles. The Balaban J connectivity index is 1.34. The number of rotatable bonds is 3. The summed E-state index contributed by atoms with van der Waals surface area (Å²) in [6.07, 6.45) is 8.01. The maximum atomic E-state index is 11.9. The summed E-state index contributed by atoms with van der Waals surface area (Å²) in [5.74, 6) is 0.133. The van der Waals surface area contributed by atoms with Crippen molar-refractivity contribution in [3.8, 4) is 0 Å². The summed E-state index contributed by atoms with van der Waals surface area (Å²) in [5, 5.41) is 5.99. The molecule has 3 rings (SSSR count). The second-order valence-corrected chi connectivity index (χ2v) is 6.80. The summed E-state index contributed by atoms with van der Waals surface area (Å²) in [6.45, 7) is 2.87. The van der Waals surface area contributed by atoms with Crippen molar-refractivity contribution in [3.63, 3.8) is 0 Å². The van der Waals surface area contributed by atoms with E-state index < -0.39 is 0 Å². The fraction of sp³-hybridized carbons (Fsp3) is 0.875. The zero-order chi connectivity index (χ0) is 15.5. The fourth-order valence-electron chi connectivity index (χ4n) is 3.86. The Hall–Kier alpha value is -1.30. The summed E-state index contributed by atoms with van der Waals surface area (Å²) in [6, 6.07) is 0.516. The van der Waals surface area contributed by atoms with Gasteiger partial charge in [-0.2, -0.15) is 0 Å². The molecule has 0 radical (unpaired) electrons. The van der Waals surface area contributed by atoms with Crippen LogP contribution in [0.15, 0.2) is 0 Å². The highest BCUT2D eigenvalue weighted by Crippen LogP contribution is 2.32. The SMILES string of the molecule is CC(=O)N1C[C@H]2O[C@H](CNC(=O)NC3CCCCC3)CC[C@H]21. The number of urea groups is 1. The Morgan fingerprint density at radius 2 is 1.91 bits per heavy atom. The van der Waals surface area contributed by atoms with Crippen molar-refractivity contribution in [3.05, 3.63) is 0 Å². The standard InChI is InChI=1S/C16H27N3O3/c1-11(20)19-10-15-14(19)8-7-13(22-15)9-17-16(21)18-12-5-3-2-4-6-12/h12-15H,2-10H2,1H3,(H2,17,18,21)/t13-,14+,15+/m0/s1. The Morgan fingerprint density at radius 3 is 2.59 bits per heavy atom. The Kier molecular flexibility index (Phi) is 4.86. The molecule has 6 heteroatoms. The van der Waals surface area contributed by atoms with Crippen LogP contribution in [0, 0.1) is 0 Å². The van der Waals surface area contributed by atoms with Gasteiger partial charge in [0.15, 0.2) is 0 Å². The number of likely N-dealkylation sites (tertiary alicyclic amines) is 1. The average molecular weight is 309 g/mol. The van der Waals surface area contributed by atoms with Crippen LogP contribution in [0.25, 0.3) is 0 Å². The molecule has 3 fully saturated rings. The molecule has 6 nitrogen and oxygen atoms in total. The first kappa shape index (κ1) is 15.6. The van der Waals surface area contributed by atoms with Crippen LogP contribution in [0.1, 0.15) is 51.9 Å². The summed E-state index contributed by atoms with van der Waals surface area (Å²) < 4.78 is 5.97. The van der Waals surface area contributed by atoms with Gasteiger partial charge in [-0.25, -0.2) is 4.79 Å². The lowest BCUT2D eigenvalue weighted by Crippen LogP contribution is -2.66. The zero-order valence-electron chi connectivity index (χ0n) is 13.3. The molecule has 0 bridgehead atoms. The van der Waals surface area contributed by atoms with Crippen LogP contribution in [0.5, 0.6) is 0 Å². The first-order chi connectivity index (χ1) is 10.6. The number of nitrogens with one attached hydrogen (secondary N) is 2. The van der Waals surface area contributed by atoms with Crippen LogP contribution in [0.2, 0.25) is 0 Å². The Labute approximate surface area is 131 Å². The first-order valence-corrected chi connectivity index (χ1v) is 8.60. The number of hydrogen-bond donors (Lipinski definition) is 2. The van der Waals surface area contributed by atoms with Gasteiger partial charge in [-0.15, -0.1) is 0 Å². The smallest absolute Gasteiger partial charge is 0.315 e. The number of carbonyl (C=O) groups excluding carboxylic acids is 2. The van der Waals surface area contributed by atoms with E-state index in [9.17, 15) is 9.59 Å². The third-order valence-electron chi connectivity index (χ3n) is 5.19. The number of amides is 3. The van der Waals surface area contributed by atoms with Gasteiger partial charge in [-0.3, -0.25) is 4.79 Å². The molecule has 124 valence electrons. The molecule has 0 aromatic carbocycles. The average Bonchev–Trinajstić information content (AvgIpc) is 2.47. The van der Waals surface area contributed by atoms with Crippen molar-refractivity contribution in [2.45, 2.75) is 76.2 Å². The molecule has 3 amide bonds. The third kappa shape index (κ3) is 3.54. The normalized spacial score (nSPS) is 31.9. The zero-order valence-corrected chi connectivity index (χ0v) is 13.3. The van der Waals surface area contributed by atoms with Gasteiger partial charge in [0, 0.05) is 26.1 Å². The lowest BCUT2D eigenvalue weighted by Gasteiger charge is -2.51. The van der Waals surface area contributed by atoms with Gasteiger partial charge in [-0.05, 0) is 25.7 Å². The maximum Gasteiger partial charge on any atom is 0.315 e. The van der Waals surface area contributed by atoms with Gasteiger partial charge in [-0.1, -0.05) is 19.3 Å².